The number of nitrogens with two attached hydrogens (primary N) is 1. The predicted octanol–water partition coefficient (Wildman–Crippen LogP) is 5.10. The van der Waals surface area contributed by atoms with Crippen LogP contribution in [0.2, 0.25) is 0 Å². The Morgan fingerprint density at radius 3 is 2.38 bits per heavy atom. The Morgan fingerprint density at radius 1 is 1.03 bits per heavy atom. The van der Waals surface area contributed by atoms with Crippen LogP contribution in [0.3, 0.4) is 0 Å². The number of likely N-dealkylation sites (N-methyl/N-ethyl adjacent to an activating group) is 1. The lowest BCUT2D eigenvalue weighted by atomic mass is 9.90. The summed E-state index contributed by atoms with van der Waals surface area (Å²) in [6.45, 7) is 4.27. The van der Waals surface area contributed by atoms with E-state index in [2.05, 4.69) is 34.6 Å². The van der Waals surface area contributed by atoms with Crippen LogP contribution in [-0.4, -0.2) is 44.8 Å². The first kappa shape index (κ1) is 26.6. The van der Waals surface area contributed by atoms with Crippen LogP contribution < -0.4 is 21.1 Å². The van der Waals surface area contributed by atoms with Crippen molar-refractivity contribution in [2.75, 3.05) is 12.8 Å². The Bertz CT molecular complexity index is 1390. The van der Waals surface area contributed by atoms with Crippen molar-refractivity contribution in [2.24, 2.45) is 5.92 Å². The van der Waals surface area contributed by atoms with E-state index < -0.39 is 0 Å². The molecule has 4 N–H and O–H groups in total. The van der Waals surface area contributed by atoms with Crippen LogP contribution in [0.1, 0.15) is 52.0 Å². The number of ether oxygens (including phenoxy) is 1. The maximum absolute atomic E-state index is 12.8. The lowest BCUT2D eigenvalue weighted by Crippen LogP contribution is -2.48. The second-order valence-corrected chi connectivity index (χ2v) is 10.7. The minimum Gasteiger partial charge on any atom is -0.457 e. The monoisotopic (exact) mass is 527 g/mol. The maximum Gasteiger partial charge on any atom is 0.237 e. The number of hydrogen-bond donors (Lipinski definition) is 3. The number of nitrogens with one attached hydrogen (secondary N) is 2. The first-order valence-corrected chi connectivity index (χ1v) is 13.7. The summed E-state index contributed by atoms with van der Waals surface area (Å²) in [6, 6.07) is 17.5. The number of aromatic nitrogens is 4. The molecule has 0 unspecified atom stereocenters. The highest BCUT2D eigenvalue weighted by Gasteiger charge is 2.28. The second-order valence-electron chi connectivity index (χ2n) is 10.7. The minimum atomic E-state index is -0.158. The van der Waals surface area contributed by atoms with Crippen LogP contribution in [0.15, 0.2) is 60.8 Å². The van der Waals surface area contributed by atoms with Gasteiger partial charge in [-0.05, 0) is 81.5 Å². The van der Waals surface area contributed by atoms with Crippen LogP contribution in [0, 0.1) is 5.92 Å². The highest BCUT2D eigenvalue weighted by molar-refractivity contribution is 5.87. The van der Waals surface area contributed by atoms with Crippen molar-refractivity contribution in [2.45, 2.75) is 64.1 Å². The van der Waals surface area contributed by atoms with Gasteiger partial charge in [-0.25, -0.2) is 14.6 Å². The summed E-state index contributed by atoms with van der Waals surface area (Å²) in [4.78, 5) is 22.2. The molecule has 2 heterocycles. The van der Waals surface area contributed by atoms with E-state index in [9.17, 15) is 4.79 Å². The number of nitrogen functional groups attached to an aromatic ring is 1. The molecule has 5 rings (SSSR count). The molecule has 0 radical (unpaired) electrons. The summed E-state index contributed by atoms with van der Waals surface area (Å²) in [5, 5.41) is 11.8. The van der Waals surface area contributed by atoms with Crippen LogP contribution in [0.5, 0.6) is 11.5 Å². The molecule has 1 aliphatic rings. The van der Waals surface area contributed by atoms with Gasteiger partial charge in [-0.2, -0.15) is 5.10 Å². The van der Waals surface area contributed by atoms with Crippen LogP contribution in [0.4, 0.5) is 5.82 Å². The van der Waals surface area contributed by atoms with E-state index in [0.29, 0.717) is 17.6 Å². The Morgan fingerprint density at radius 2 is 1.72 bits per heavy atom. The van der Waals surface area contributed by atoms with Gasteiger partial charge in [-0.15, -0.1) is 0 Å². The van der Waals surface area contributed by atoms with Gasteiger partial charge in [0.25, 0.3) is 0 Å². The van der Waals surface area contributed by atoms with Gasteiger partial charge in [0.15, 0.2) is 11.5 Å². The fourth-order valence-corrected chi connectivity index (χ4v) is 5.23. The van der Waals surface area contributed by atoms with Crippen LogP contribution in [-0.2, 0) is 4.79 Å². The van der Waals surface area contributed by atoms with Gasteiger partial charge in [-0.1, -0.05) is 32.0 Å². The quantitative estimate of drug-likeness (QED) is 0.277. The molecule has 9 heteroatoms. The third kappa shape index (κ3) is 6.20. The van der Waals surface area contributed by atoms with Gasteiger partial charge in [0.1, 0.15) is 17.3 Å². The first-order chi connectivity index (χ1) is 18.9. The summed E-state index contributed by atoms with van der Waals surface area (Å²) >= 11 is 0. The number of amides is 1. The van der Waals surface area contributed by atoms with E-state index in [4.69, 9.17) is 15.5 Å². The highest BCUT2D eigenvalue weighted by atomic mass is 16.5. The molecule has 1 fully saturated rings. The average molecular weight is 528 g/mol. The fraction of sp³-hybridized carbons (Fsp3) is 0.400. The molecule has 0 spiro atoms. The summed E-state index contributed by atoms with van der Waals surface area (Å²) in [7, 11) is 1.85. The molecule has 39 heavy (non-hydrogen) atoms. The largest absolute Gasteiger partial charge is 0.457 e. The summed E-state index contributed by atoms with van der Waals surface area (Å²) in [6.07, 6.45) is 6.17. The molecular weight excluding hydrogens is 490 g/mol. The van der Waals surface area contributed by atoms with Crippen molar-refractivity contribution in [1.29, 1.82) is 0 Å². The number of carbonyl (C=O) groups is 1. The van der Waals surface area contributed by atoms with E-state index in [0.717, 1.165) is 60.2 Å². The van der Waals surface area contributed by atoms with Gasteiger partial charge >= 0.3 is 0 Å². The lowest BCUT2D eigenvalue weighted by Gasteiger charge is -2.30. The van der Waals surface area contributed by atoms with E-state index in [1.807, 2.05) is 66.3 Å². The number of benzene rings is 2. The minimum absolute atomic E-state index is 0.0875. The number of fused-ring (bicyclic) bond motifs is 1. The predicted molar refractivity (Wildman–Crippen MR) is 153 cm³/mol. The Kier molecular flexibility index (Phi) is 8.07. The fourth-order valence-electron chi connectivity index (χ4n) is 5.23. The molecule has 0 saturated heterocycles. The van der Waals surface area contributed by atoms with Crippen molar-refractivity contribution in [3.8, 4) is 22.9 Å². The molecule has 1 amide bonds. The normalized spacial score (nSPS) is 18.3. The number of hydrogen-bond acceptors (Lipinski definition) is 7. The molecule has 1 atom stereocenters. The van der Waals surface area contributed by atoms with Gasteiger partial charge in [-0.3, -0.25) is 4.79 Å². The van der Waals surface area contributed by atoms with Crippen molar-refractivity contribution < 1.29 is 9.53 Å². The molecular formula is C30H37N7O2. The smallest absolute Gasteiger partial charge is 0.237 e. The van der Waals surface area contributed by atoms with Gasteiger partial charge in [0.05, 0.1) is 23.7 Å². The number of para-hydroxylation sites is 1. The Balaban J connectivity index is 1.28. The van der Waals surface area contributed by atoms with Crippen LogP contribution in [0.25, 0.3) is 22.4 Å². The van der Waals surface area contributed by atoms with Gasteiger partial charge in [0, 0.05) is 11.6 Å². The van der Waals surface area contributed by atoms with E-state index in [1.165, 1.54) is 0 Å². The standard InChI is InChI=1S/C30H37N7O2/c1-19(2)17-26(32-3)30(38)34-21-11-13-22(14-12-21)37-29-25(18-33-37)27(31)35-28(36-29)20-9-15-24(16-10-20)39-23-7-5-4-6-8-23/h4-10,15-16,18-19,21-22,26,32H,11-14,17H2,1-3H3,(H,34,38)(H2,31,35,36)/t21?,22?,26-/m0/s1. The number of carbonyl (C=O) groups excluding carboxylic acids is 1. The molecule has 9 nitrogen and oxygen atoms in total. The van der Waals surface area contributed by atoms with Crippen LogP contribution >= 0.6 is 0 Å². The zero-order valence-corrected chi connectivity index (χ0v) is 22.8. The number of rotatable bonds is 9. The van der Waals surface area contributed by atoms with E-state index in [-0.39, 0.29) is 24.0 Å². The first-order valence-electron chi connectivity index (χ1n) is 13.7. The Hall–Kier alpha value is -3.98. The highest BCUT2D eigenvalue weighted by Crippen LogP contribution is 2.33. The third-order valence-electron chi connectivity index (χ3n) is 7.34. The molecule has 0 aliphatic heterocycles. The summed E-state index contributed by atoms with van der Waals surface area (Å²) in [5.74, 6) is 3.02. The average Bonchev–Trinajstić information content (AvgIpc) is 3.38. The van der Waals surface area contributed by atoms with Gasteiger partial charge in [0.2, 0.25) is 5.91 Å². The van der Waals surface area contributed by atoms with Gasteiger partial charge < -0.3 is 21.1 Å². The van der Waals surface area contributed by atoms with E-state index >= 15 is 0 Å². The zero-order valence-electron chi connectivity index (χ0n) is 22.8. The topological polar surface area (TPSA) is 120 Å². The molecule has 2 aromatic heterocycles. The molecule has 4 aromatic rings. The van der Waals surface area contributed by atoms with Crippen molar-refractivity contribution in [3.63, 3.8) is 0 Å². The van der Waals surface area contributed by atoms with Crippen molar-refractivity contribution in [3.05, 3.63) is 60.8 Å². The molecule has 2 aromatic carbocycles. The lowest BCUT2D eigenvalue weighted by molar-refractivity contribution is -0.124. The number of anilines is 1. The Labute approximate surface area is 229 Å². The number of nitrogens with zero attached hydrogens (tertiary/aromatic N) is 4. The maximum atomic E-state index is 12.8. The molecule has 1 saturated carbocycles. The van der Waals surface area contributed by atoms with Crippen molar-refractivity contribution in [1.82, 2.24) is 30.4 Å². The molecule has 204 valence electrons. The third-order valence-corrected chi connectivity index (χ3v) is 7.34. The van der Waals surface area contributed by atoms with Crippen molar-refractivity contribution >= 4 is 22.8 Å². The summed E-state index contributed by atoms with van der Waals surface area (Å²) in [5.41, 5.74) is 7.93. The second kappa shape index (κ2) is 11.8. The molecule has 0 bridgehead atoms. The zero-order chi connectivity index (χ0) is 27.4. The summed E-state index contributed by atoms with van der Waals surface area (Å²) < 4.78 is 7.89. The molecule has 1 aliphatic carbocycles. The SMILES string of the molecule is CN[C@@H](CC(C)C)C(=O)NC1CCC(n2ncc3c(N)nc(-c4ccc(Oc5ccccc5)cc4)nc32)CC1. The van der Waals surface area contributed by atoms with E-state index in [1.54, 1.807) is 6.20 Å².